The van der Waals surface area contributed by atoms with Crippen molar-refractivity contribution in [3.8, 4) is 0 Å². The van der Waals surface area contributed by atoms with Crippen molar-refractivity contribution >= 4 is 18.7 Å². The molecule has 0 N–H and O–H groups in total. The van der Waals surface area contributed by atoms with Gasteiger partial charge in [-0.05, 0) is 21.8 Å². The minimum absolute atomic E-state index is 0. The van der Waals surface area contributed by atoms with E-state index in [2.05, 4.69) is 88.4 Å². The summed E-state index contributed by atoms with van der Waals surface area (Å²) in [5.74, 6) is 0. The van der Waals surface area contributed by atoms with E-state index >= 15 is 0 Å². The van der Waals surface area contributed by atoms with Gasteiger partial charge in [0.1, 0.15) is 0 Å². The van der Waals surface area contributed by atoms with Crippen LogP contribution in [0.4, 0.5) is 0 Å². The minimum atomic E-state index is -2.33. The molecule has 130 valence electrons. The van der Waals surface area contributed by atoms with Crippen molar-refractivity contribution in [2.24, 2.45) is 0 Å². The summed E-state index contributed by atoms with van der Waals surface area (Å²) in [7, 11) is -2.33. The first-order chi connectivity index (χ1) is 11.5. The Labute approximate surface area is 167 Å². The first-order valence-corrected chi connectivity index (χ1v) is 11.0. The smallest absolute Gasteiger partial charge is 0.407 e. The molecule has 0 unspecified atom stereocenters. The summed E-state index contributed by atoms with van der Waals surface area (Å²) in [6.45, 7) is 11.7. The van der Waals surface area contributed by atoms with E-state index in [1.165, 1.54) is 23.2 Å². The minimum Gasteiger partial charge on any atom is -0.407 e. The second-order valence-corrected chi connectivity index (χ2v) is 11.7. The van der Waals surface area contributed by atoms with Gasteiger partial charge in [-0.25, -0.2) is 0 Å². The molecule has 1 nitrogen and oxygen atoms in total. The van der Waals surface area contributed by atoms with E-state index in [4.69, 9.17) is 4.43 Å². The van der Waals surface area contributed by atoms with Crippen LogP contribution in [0.25, 0.3) is 0 Å². The molecule has 0 fully saturated rings. The second kappa shape index (κ2) is 10.4. The van der Waals surface area contributed by atoms with Crippen LogP contribution in [0, 0.1) is 6.92 Å². The molecule has 0 saturated heterocycles. The average Bonchev–Trinajstić information content (AvgIpc) is 2.59. The molecule has 3 heteroatoms. The standard InChI is InChI=1S/C22H31OSi.Li/c1-5-6-7-14-19-23-24(22(2,3)4,20-15-10-8-11-16-20)21-17-12-9-13-18-21;/h8-13,15-18H,1,5-7,14,19H2,2-4H3;/q-1;+1. The molecular weight excluding hydrogens is 315 g/mol. The Morgan fingerprint density at radius 2 is 1.28 bits per heavy atom. The van der Waals surface area contributed by atoms with Gasteiger partial charge in [-0.3, -0.25) is 0 Å². The van der Waals surface area contributed by atoms with Gasteiger partial charge < -0.3 is 11.3 Å². The topological polar surface area (TPSA) is 9.23 Å². The van der Waals surface area contributed by atoms with Crippen LogP contribution in [-0.4, -0.2) is 14.9 Å². The van der Waals surface area contributed by atoms with Gasteiger partial charge in [0.15, 0.2) is 0 Å². The molecule has 2 aromatic carbocycles. The van der Waals surface area contributed by atoms with E-state index in [0.717, 1.165) is 19.4 Å². The SMILES string of the molecule is [CH2-]CCCCCO[Si](c1ccccc1)(c1ccccc1)C(C)(C)C.[Li+]. The fourth-order valence-electron chi connectivity index (χ4n) is 3.44. The molecule has 2 rings (SSSR count). The number of rotatable bonds is 8. The van der Waals surface area contributed by atoms with Crippen molar-refractivity contribution < 1.29 is 23.3 Å². The quantitative estimate of drug-likeness (QED) is 0.403. The van der Waals surface area contributed by atoms with E-state index in [9.17, 15) is 0 Å². The molecule has 0 aliphatic rings. The largest absolute Gasteiger partial charge is 1.00 e. The Morgan fingerprint density at radius 3 is 1.68 bits per heavy atom. The van der Waals surface area contributed by atoms with Gasteiger partial charge in [-0.2, -0.15) is 6.42 Å². The van der Waals surface area contributed by atoms with E-state index in [1.807, 2.05) is 0 Å². The third kappa shape index (κ3) is 5.34. The molecule has 2 aromatic rings. The zero-order valence-electron chi connectivity index (χ0n) is 16.4. The van der Waals surface area contributed by atoms with Gasteiger partial charge in [0.25, 0.3) is 8.32 Å². The van der Waals surface area contributed by atoms with Gasteiger partial charge in [0.05, 0.1) is 0 Å². The molecule has 0 bridgehead atoms. The van der Waals surface area contributed by atoms with E-state index in [-0.39, 0.29) is 23.9 Å². The van der Waals surface area contributed by atoms with Crippen LogP contribution in [0.3, 0.4) is 0 Å². The predicted molar refractivity (Wildman–Crippen MR) is 107 cm³/mol. The number of benzene rings is 2. The molecule has 0 aromatic heterocycles. The fourth-order valence-corrected chi connectivity index (χ4v) is 8.05. The molecule has 0 radical (unpaired) electrons. The number of hydrogen-bond donors (Lipinski definition) is 0. The van der Waals surface area contributed by atoms with Crippen molar-refractivity contribution in [2.45, 2.75) is 51.5 Å². The van der Waals surface area contributed by atoms with E-state index in [0.29, 0.717) is 0 Å². The summed E-state index contributed by atoms with van der Waals surface area (Å²) >= 11 is 0. The Morgan fingerprint density at radius 1 is 0.800 bits per heavy atom. The second-order valence-electron chi connectivity index (χ2n) is 7.43. The first kappa shape index (κ1) is 22.3. The molecule has 0 atom stereocenters. The van der Waals surface area contributed by atoms with Gasteiger partial charge >= 0.3 is 18.9 Å². The van der Waals surface area contributed by atoms with Crippen LogP contribution in [0.5, 0.6) is 0 Å². The summed E-state index contributed by atoms with van der Waals surface area (Å²) in [5.41, 5.74) is 0. The number of hydrogen-bond acceptors (Lipinski definition) is 1. The molecule has 0 saturated carbocycles. The zero-order chi connectivity index (χ0) is 17.5. The summed E-state index contributed by atoms with van der Waals surface area (Å²) < 4.78 is 6.83. The Bertz CT molecular complexity index is 553. The molecule has 0 spiro atoms. The maximum absolute atomic E-state index is 6.83. The monoisotopic (exact) mass is 346 g/mol. The maximum atomic E-state index is 6.83. The Hall–Kier alpha value is -0.786. The van der Waals surface area contributed by atoms with Crippen molar-refractivity contribution in [3.63, 3.8) is 0 Å². The van der Waals surface area contributed by atoms with Gasteiger partial charge in [0, 0.05) is 6.61 Å². The van der Waals surface area contributed by atoms with Crippen LogP contribution in [0.2, 0.25) is 5.04 Å². The van der Waals surface area contributed by atoms with E-state index < -0.39 is 8.32 Å². The molecule has 25 heavy (non-hydrogen) atoms. The maximum Gasteiger partial charge on any atom is 1.00 e. The first-order valence-electron chi connectivity index (χ1n) is 9.06. The molecule has 0 heterocycles. The van der Waals surface area contributed by atoms with Gasteiger partial charge in [-0.15, -0.1) is 0 Å². The molecular formula is C22H31LiOSi. The van der Waals surface area contributed by atoms with Crippen LogP contribution < -0.4 is 29.2 Å². The molecule has 0 aliphatic carbocycles. The normalized spacial score (nSPS) is 11.8. The third-order valence-electron chi connectivity index (χ3n) is 4.63. The average molecular weight is 347 g/mol. The molecule has 0 aliphatic heterocycles. The van der Waals surface area contributed by atoms with Crippen molar-refractivity contribution in [2.75, 3.05) is 6.61 Å². The zero-order valence-corrected chi connectivity index (χ0v) is 17.4. The van der Waals surface area contributed by atoms with Crippen LogP contribution in [-0.2, 0) is 4.43 Å². The summed E-state index contributed by atoms with van der Waals surface area (Å²) in [6, 6.07) is 21.7. The van der Waals surface area contributed by atoms with Crippen LogP contribution in [0.1, 0.15) is 46.5 Å². The van der Waals surface area contributed by atoms with Crippen molar-refractivity contribution in [1.29, 1.82) is 0 Å². The third-order valence-corrected chi connectivity index (χ3v) is 9.67. The summed E-state index contributed by atoms with van der Waals surface area (Å²) in [6.07, 6.45) is 4.50. The van der Waals surface area contributed by atoms with Crippen molar-refractivity contribution in [3.05, 3.63) is 67.6 Å². The Balaban J connectivity index is 0.00000312. The van der Waals surface area contributed by atoms with Gasteiger partial charge in [-0.1, -0.05) is 94.3 Å². The molecule has 0 amide bonds. The fraction of sp³-hybridized carbons (Fsp3) is 0.409. The predicted octanol–water partition coefficient (Wildman–Crippen LogP) is 1.96. The van der Waals surface area contributed by atoms with Gasteiger partial charge in [0.2, 0.25) is 0 Å². The summed E-state index contributed by atoms with van der Waals surface area (Å²) in [5, 5.41) is 2.80. The van der Waals surface area contributed by atoms with Crippen LogP contribution >= 0.6 is 0 Å². The Kier molecular flexibility index (Phi) is 9.24. The van der Waals surface area contributed by atoms with Crippen molar-refractivity contribution in [1.82, 2.24) is 0 Å². The number of unbranched alkanes of at least 4 members (excludes halogenated alkanes) is 3. The van der Waals surface area contributed by atoms with Crippen LogP contribution in [0.15, 0.2) is 60.7 Å². The van der Waals surface area contributed by atoms with E-state index in [1.54, 1.807) is 0 Å². The summed E-state index contributed by atoms with van der Waals surface area (Å²) in [4.78, 5) is 0.